The largest absolute Gasteiger partial charge is 0.379 e. The molecule has 0 fully saturated rings. The summed E-state index contributed by atoms with van der Waals surface area (Å²) in [5.41, 5.74) is 3.09. The number of nitrogens with one attached hydrogen (secondary N) is 1. The first-order valence-corrected chi connectivity index (χ1v) is 16.2. The highest BCUT2D eigenvalue weighted by Gasteiger charge is 2.13. The predicted octanol–water partition coefficient (Wildman–Crippen LogP) is 6.68. The van der Waals surface area contributed by atoms with Crippen molar-refractivity contribution in [2.45, 2.75) is 44.9 Å². The van der Waals surface area contributed by atoms with Crippen molar-refractivity contribution in [1.29, 1.82) is 0 Å². The van der Waals surface area contributed by atoms with Gasteiger partial charge in [-0.05, 0) is 61.6 Å². The molecule has 0 saturated carbocycles. The van der Waals surface area contributed by atoms with Gasteiger partial charge in [-0.1, -0.05) is 25.0 Å². The van der Waals surface area contributed by atoms with Crippen LogP contribution in [0, 0.1) is 0 Å². The highest BCUT2D eigenvalue weighted by atomic mass is 35.5. The van der Waals surface area contributed by atoms with Crippen LogP contribution < -0.4 is 20.5 Å². The van der Waals surface area contributed by atoms with Gasteiger partial charge in [-0.15, -0.1) is 22.9 Å². The van der Waals surface area contributed by atoms with Gasteiger partial charge in [0.25, 0.3) is 0 Å². The Morgan fingerprint density at radius 1 is 0.881 bits per heavy atom. The van der Waals surface area contributed by atoms with Crippen molar-refractivity contribution in [3.63, 3.8) is 0 Å². The van der Waals surface area contributed by atoms with E-state index >= 15 is 0 Å². The second-order valence-electron chi connectivity index (χ2n) is 10.8. The van der Waals surface area contributed by atoms with Gasteiger partial charge < -0.3 is 24.6 Å². The molecule has 9 heteroatoms. The number of unbranched alkanes of at least 4 members (excludes halogenated alkanes) is 4. The smallest absolute Gasteiger partial charge is 0.220 e. The van der Waals surface area contributed by atoms with Crippen LogP contribution in [0.4, 0.5) is 11.4 Å². The molecule has 0 saturated heterocycles. The van der Waals surface area contributed by atoms with E-state index in [2.05, 4.69) is 34.5 Å². The van der Waals surface area contributed by atoms with Crippen LogP contribution in [0.15, 0.2) is 41.2 Å². The number of halogens is 1. The second-order valence-corrected chi connectivity index (χ2v) is 12.2. The zero-order chi connectivity index (χ0) is 30.3. The summed E-state index contributed by atoms with van der Waals surface area (Å²) >= 11 is 7.32. The van der Waals surface area contributed by atoms with Crippen LogP contribution >= 0.6 is 22.9 Å². The maximum Gasteiger partial charge on any atom is 0.220 e. The molecule has 1 N–H and O–H groups in total. The number of nitrogens with zero attached hydrogens (tertiary/aromatic N) is 2. The summed E-state index contributed by atoms with van der Waals surface area (Å²) in [4.78, 5) is 29.9. The van der Waals surface area contributed by atoms with Gasteiger partial charge in [-0.3, -0.25) is 9.59 Å². The third kappa shape index (κ3) is 10.6. The third-order valence-electron chi connectivity index (χ3n) is 6.99. The van der Waals surface area contributed by atoms with Crippen LogP contribution in [0.1, 0.15) is 50.5 Å². The summed E-state index contributed by atoms with van der Waals surface area (Å²) in [5.74, 6) is 0.750. The molecular formula is C33H46ClN3O4S. The lowest BCUT2D eigenvalue weighted by Crippen LogP contribution is -2.27. The molecule has 0 unspecified atom stereocenters. The van der Waals surface area contributed by atoms with E-state index in [0.29, 0.717) is 32.8 Å². The van der Waals surface area contributed by atoms with Gasteiger partial charge in [-0.2, -0.15) is 0 Å². The maximum atomic E-state index is 13.6. The number of fused-ring (bicyclic) bond motifs is 2. The Balaban J connectivity index is 1.46. The topological polar surface area (TPSA) is 71.1 Å². The molecule has 42 heavy (non-hydrogen) atoms. The third-order valence-corrected chi connectivity index (χ3v) is 8.36. The fourth-order valence-corrected chi connectivity index (χ4v) is 5.93. The van der Waals surface area contributed by atoms with Gasteiger partial charge in [0, 0.05) is 85.2 Å². The van der Waals surface area contributed by atoms with Crippen LogP contribution in [0.5, 0.6) is 0 Å². The molecule has 7 nitrogen and oxygen atoms in total. The number of carbonyl (C=O) groups is 1. The minimum absolute atomic E-state index is 0.0208. The van der Waals surface area contributed by atoms with E-state index in [4.69, 9.17) is 21.1 Å². The van der Waals surface area contributed by atoms with Gasteiger partial charge in [0.05, 0.1) is 19.8 Å². The van der Waals surface area contributed by atoms with Crippen LogP contribution in [0.3, 0.4) is 0 Å². The number of carbonyl (C=O) groups excluding carboxylic acids is 1. The highest BCUT2D eigenvalue weighted by molar-refractivity contribution is 7.24. The number of benzene rings is 2. The van der Waals surface area contributed by atoms with Crippen molar-refractivity contribution in [1.82, 2.24) is 5.32 Å². The molecule has 0 atom stereocenters. The first-order valence-electron chi connectivity index (χ1n) is 14.9. The Hall–Kier alpha value is -2.65. The molecule has 1 amide bonds. The van der Waals surface area contributed by atoms with E-state index < -0.39 is 0 Å². The van der Waals surface area contributed by atoms with Crippen molar-refractivity contribution in [3.05, 3.63) is 52.2 Å². The molecule has 230 valence electrons. The zero-order valence-corrected chi connectivity index (χ0v) is 27.1. The second kappa shape index (κ2) is 18.1. The van der Waals surface area contributed by atoms with Gasteiger partial charge in [0.15, 0.2) is 5.43 Å². The molecule has 3 aromatic rings. The lowest BCUT2D eigenvalue weighted by Gasteiger charge is -2.16. The van der Waals surface area contributed by atoms with E-state index in [-0.39, 0.29) is 11.3 Å². The summed E-state index contributed by atoms with van der Waals surface area (Å²) in [6, 6.07) is 10.2. The molecule has 1 heterocycles. The monoisotopic (exact) mass is 615 g/mol. The number of rotatable bonds is 19. The van der Waals surface area contributed by atoms with Gasteiger partial charge in [-0.25, -0.2) is 0 Å². The number of hydrogen-bond acceptors (Lipinski definition) is 7. The molecule has 0 bridgehead atoms. The number of hydrogen-bond donors (Lipinski definition) is 1. The molecule has 0 radical (unpaired) electrons. The quantitative estimate of drug-likeness (QED) is 0.0922. The molecular weight excluding hydrogens is 570 g/mol. The molecule has 3 rings (SSSR count). The Labute approximate surface area is 259 Å². The van der Waals surface area contributed by atoms with Crippen molar-refractivity contribution >= 4 is 66.5 Å². The van der Waals surface area contributed by atoms with Crippen LogP contribution in [-0.2, 0) is 14.3 Å². The van der Waals surface area contributed by atoms with Crippen molar-refractivity contribution in [2.75, 3.05) is 76.8 Å². The molecule has 0 aliphatic rings. The van der Waals surface area contributed by atoms with Crippen LogP contribution in [0.25, 0.3) is 26.2 Å². The lowest BCUT2D eigenvalue weighted by molar-refractivity contribution is -0.121. The standard InChI is InChI=1S/C33H46ClN3O4S/c1-36(2)26-14-15-28-29(23-26)42-30-24-27(37(3)4)22-25(32(30)33(28)39)12-8-7-9-13-31(38)35-17-19-41-21-20-40-18-11-6-5-10-16-34/h8,12,14-15,22-24H,5-7,9-11,13,16-21H2,1-4H3,(H,35,38)/b12-8+. The Kier molecular flexibility index (Phi) is 14.6. The maximum absolute atomic E-state index is 13.6. The van der Waals surface area contributed by atoms with Crippen LogP contribution in [0.2, 0.25) is 0 Å². The van der Waals surface area contributed by atoms with Crippen molar-refractivity contribution < 1.29 is 14.3 Å². The average molecular weight is 616 g/mol. The lowest BCUT2D eigenvalue weighted by atomic mass is 10.0. The fraction of sp³-hybridized carbons (Fsp3) is 0.515. The Morgan fingerprint density at radius 3 is 2.33 bits per heavy atom. The summed E-state index contributed by atoms with van der Waals surface area (Å²) < 4.78 is 13.1. The van der Waals surface area contributed by atoms with E-state index in [1.54, 1.807) is 11.3 Å². The predicted molar refractivity (Wildman–Crippen MR) is 181 cm³/mol. The molecule has 0 spiro atoms. The van der Waals surface area contributed by atoms with Gasteiger partial charge in [0.1, 0.15) is 0 Å². The Morgan fingerprint density at radius 2 is 1.60 bits per heavy atom. The summed E-state index contributed by atoms with van der Waals surface area (Å²) in [6.07, 6.45) is 10.4. The van der Waals surface area contributed by atoms with E-state index in [1.165, 1.54) is 0 Å². The molecule has 0 aliphatic carbocycles. The number of alkyl halides is 1. The van der Waals surface area contributed by atoms with Crippen molar-refractivity contribution in [3.8, 4) is 0 Å². The normalized spacial score (nSPS) is 11.5. The van der Waals surface area contributed by atoms with E-state index in [1.807, 2.05) is 51.3 Å². The first kappa shape index (κ1) is 33.8. The molecule has 0 aliphatic heterocycles. The minimum atomic E-state index is 0.0208. The average Bonchev–Trinajstić information content (AvgIpc) is 2.96. The van der Waals surface area contributed by atoms with Crippen molar-refractivity contribution in [2.24, 2.45) is 0 Å². The van der Waals surface area contributed by atoms with Gasteiger partial charge >= 0.3 is 0 Å². The minimum Gasteiger partial charge on any atom is -0.379 e. The number of allylic oxidation sites excluding steroid dienone is 1. The number of amides is 1. The fourth-order valence-electron chi connectivity index (χ4n) is 4.57. The summed E-state index contributed by atoms with van der Waals surface area (Å²) in [5, 5.41) is 4.40. The van der Waals surface area contributed by atoms with Gasteiger partial charge in [0.2, 0.25) is 5.91 Å². The highest BCUT2D eigenvalue weighted by Crippen LogP contribution is 2.33. The summed E-state index contributed by atoms with van der Waals surface area (Å²) in [6.45, 7) is 2.83. The zero-order valence-electron chi connectivity index (χ0n) is 25.5. The first-order chi connectivity index (χ1) is 20.3. The molecule has 2 aromatic carbocycles. The Bertz CT molecular complexity index is 1370. The van der Waals surface area contributed by atoms with E-state index in [9.17, 15) is 9.59 Å². The SMILES string of the molecule is CN(C)c1ccc2c(=O)c3c(/C=C/CCCC(=O)NCCOCCOCCCCCCCl)cc(N(C)C)cc3sc2c1. The molecule has 1 aromatic heterocycles. The summed E-state index contributed by atoms with van der Waals surface area (Å²) in [7, 11) is 8.02. The number of ether oxygens (including phenoxy) is 2. The van der Waals surface area contributed by atoms with E-state index in [0.717, 1.165) is 88.1 Å². The van der Waals surface area contributed by atoms with Crippen LogP contribution in [-0.4, -0.2) is 73.0 Å². The number of anilines is 2.